The van der Waals surface area contributed by atoms with Crippen molar-refractivity contribution >= 4 is 12.2 Å². The fourth-order valence-corrected chi connectivity index (χ4v) is 0.267. The maximum absolute atomic E-state index is 10.2. The van der Waals surface area contributed by atoms with Crippen LogP contribution in [-0.4, -0.2) is 18.4 Å². The van der Waals surface area contributed by atoms with E-state index in [-0.39, 0.29) is 0 Å². The average molecular weight is 130 g/mol. The topological polar surface area (TPSA) is 76.2 Å². The summed E-state index contributed by atoms with van der Waals surface area (Å²) in [7, 11) is 0. The molecule has 0 rings (SSSR count). The van der Waals surface area contributed by atoms with Gasteiger partial charge in [0.05, 0.1) is 0 Å². The molecule has 0 saturated carbocycles. The first-order valence-electron chi connectivity index (χ1n) is 2.67. The SMILES string of the molecule is CCC(N)OC(=O)C=N. The van der Waals surface area contributed by atoms with Gasteiger partial charge in [0, 0.05) is 0 Å². The molecule has 52 valence electrons. The van der Waals surface area contributed by atoms with E-state index in [1.165, 1.54) is 0 Å². The summed E-state index contributed by atoms with van der Waals surface area (Å²) in [4.78, 5) is 10.2. The number of hydrogen-bond donors (Lipinski definition) is 2. The van der Waals surface area contributed by atoms with Gasteiger partial charge in [0.1, 0.15) is 6.21 Å². The van der Waals surface area contributed by atoms with Gasteiger partial charge in [-0.15, -0.1) is 0 Å². The van der Waals surface area contributed by atoms with Crippen LogP contribution in [0.4, 0.5) is 0 Å². The lowest BCUT2D eigenvalue weighted by Gasteiger charge is -2.06. The van der Waals surface area contributed by atoms with Crippen LogP contribution in [-0.2, 0) is 9.53 Å². The first-order chi connectivity index (χ1) is 4.20. The molecule has 1 unspecified atom stereocenters. The molecule has 0 aliphatic rings. The third-order valence-corrected chi connectivity index (χ3v) is 0.788. The molecule has 0 fully saturated rings. The molecule has 0 aromatic carbocycles. The van der Waals surface area contributed by atoms with Crippen LogP contribution in [0.25, 0.3) is 0 Å². The predicted octanol–water partition coefficient (Wildman–Crippen LogP) is -0.126. The summed E-state index contributed by atoms with van der Waals surface area (Å²) in [6.45, 7) is 1.79. The van der Waals surface area contributed by atoms with Crippen molar-refractivity contribution in [3.05, 3.63) is 0 Å². The highest BCUT2D eigenvalue weighted by atomic mass is 16.6. The molecule has 0 radical (unpaired) electrons. The van der Waals surface area contributed by atoms with Crippen LogP contribution in [0.15, 0.2) is 0 Å². The Hall–Kier alpha value is -0.900. The van der Waals surface area contributed by atoms with Crippen LogP contribution in [0.3, 0.4) is 0 Å². The lowest BCUT2D eigenvalue weighted by atomic mass is 10.4. The first kappa shape index (κ1) is 8.10. The number of hydrogen-bond acceptors (Lipinski definition) is 4. The molecule has 0 spiro atoms. The molecular formula is C5H10N2O2. The van der Waals surface area contributed by atoms with Gasteiger partial charge in [-0.05, 0) is 6.42 Å². The highest BCUT2D eigenvalue weighted by molar-refractivity contribution is 6.21. The van der Waals surface area contributed by atoms with Gasteiger partial charge >= 0.3 is 5.97 Å². The van der Waals surface area contributed by atoms with Gasteiger partial charge in [0.15, 0.2) is 6.23 Å². The van der Waals surface area contributed by atoms with Crippen LogP contribution in [0, 0.1) is 5.41 Å². The van der Waals surface area contributed by atoms with E-state index in [4.69, 9.17) is 11.1 Å². The fraction of sp³-hybridized carbons (Fsp3) is 0.600. The molecule has 0 aromatic rings. The molecule has 9 heavy (non-hydrogen) atoms. The number of esters is 1. The number of nitrogens with two attached hydrogens (primary N) is 1. The van der Waals surface area contributed by atoms with E-state index in [1.54, 1.807) is 6.92 Å². The van der Waals surface area contributed by atoms with E-state index in [0.717, 1.165) is 0 Å². The Morgan fingerprint density at radius 3 is 2.89 bits per heavy atom. The Morgan fingerprint density at radius 2 is 2.56 bits per heavy atom. The van der Waals surface area contributed by atoms with Crippen molar-refractivity contribution in [1.82, 2.24) is 0 Å². The molecule has 1 atom stereocenters. The van der Waals surface area contributed by atoms with Crippen molar-refractivity contribution in [2.45, 2.75) is 19.6 Å². The normalized spacial score (nSPS) is 12.2. The number of carbonyl (C=O) groups excluding carboxylic acids is 1. The number of nitrogens with one attached hydrogen (secondary N) is 1. The highest BCUT2D eigenvalue weighted by Crippen LogP contribution is 1.87. The lowest BCUT2D eigenvalue weighted by molar-refractivity contribution is -0.140. The maximum atomic E-state index is 10.2. The molecule has 4 heteroatoms. The second-order valence-electron chi connectivity index (χ2n) is 1.53. The summed E-state index contributed by atoms with van der Waals surface area (Å²) in [6, 6.07) is 0. The number of carbonyl (C=O) groups is 1. The van der Waals surface area contributed by atoms with E-state index >= 15 is 0 Å². The molecule has 4 nitrogen and oxygen atoms in total. The summed E-state index contributed by atoms with van der Waals surface area (Å²) in [5.41, 5.74) is 5.20. The van der Waals surface area contributed by atoms with Crippen LogP contribution in [0.5, 0.6) is 0 Å². The third-order valence-electron chi connectivity index (χ3n) is 0.788. The van der Waals surface area contributed by atoms with E-state index in [2.05, 4.69) is 4.74 Å². The summed E-state index contributed by atoms with van der Waals surface area (Å²) < 4.78 is 4.44. The second kappa shape index (κ2) is 4.03. The van der Waals surface area contributed by atoms with Gasteiger partial charge in [0.2, 0.25) is 0 Å². The van der Waals surface area contributed by atoms with Crippen molar-refractivity contribution < 1.29 is 9.53 Å². The first-order valence-corrected chi connectivity index (χ1v) is 2.67. The molecule has 0 saturated heterocycles. The van der Waals surface area contributed by atoms with E-state index in [1.807, 2.05) is 0 Å². The van der Waals surface area contributed by atoms with Crippen LogP contribution >= 0.6 is 0 Å². The fourth-order valence-electron chi connectivity index (χ4n) is 0.267. The van der Waals surface area contributed by atoms with Crippen molar-refractivity contribution in [3.63, 3.8) is 0 Å². The summed E-state index contributed by atoms with van der Waals surface area (Å²) in [5.74, 6) is -0.690. The van der Waals surface area contributed by atoms with E-state index in [9.17, 15) is 4.79 Å². The van der Waals surface area contributed by atoms with Gasteiger partial charge in [-0.3, -0.25) is 5.73 Å². The number of rotatable bonds is 3. The van der Waals surface area contributed by atoms with Crippen molar-refractivity contribution in [3.8, 4) is 0 Å². The van der Waals surface area contributed by atoms with Crippen LogP contribution in [0.2, 0.25) is 0 Å². The maximum Gasteiger partial charge on any atom is 0.350 e. The van der Waals surface area contributed by atoms with Crippen molar-refractivity contribution in [2.75, 3.05) is 0 Å². The zero-order valence-electron chi connectivity index (χ0n) is 5.26. The lowest BCUT2D eigenvalue weighted by Crippen LogP contribution is -2.26. The van der Waals surface area contributed by atoms with Crippen molar-refractivity contribution in [2.24, 2.45) is 5.73 Å². The Kier molecular flexibility index (Phi) is 3.62. The third kappa shape index (κ3) is 3.66. The molecule has 0 heterocycles. The standard InChI is InChI=1S/C5H10N2O2/c1-2-4(7)9-5(8)3-6/h3-4,6H,2,7H2,1H3. The van der Waals surface area contributed by atoms with Gasteiger partial charge < -0.3 is 10.1 Å². The van der Waals surface area contributed by atoms with Gasteiger partial charge in [-0.1, -0.05) is 6.92 Å². The smallest absolute Gasteiger partial charge is 0.350 e. The Morgan fingerprint density at radius 1 is 2.00 bits per heavy atom. The minimum absolute atomic E-state index is 0.569. The average Bonchev–Trinajstić information content (AvgIpc) is 1.87. The quantitative estimate of drug-likeness (QED) is 0.317. The molecule has 0 aromatic heterocycles. The molecular weight excluding hydrogens is 120 g/mol. The molecule has 3 N–H and O–H groups in total. The Balaban J connectivity index is 3.46. The number of ether oxygens (including phenoxy) is 1. The molecule has 0 aliphatic carbocycles. The van der Waals surface area contributed by atoms with Gasteiger partial charge in [0.25, 0.3) is 0 Å². The monoisotopic (exact) mass is 130 g/mol. The summed E-state index contributed by atoms with van der Waals surface area (Å²) in [6.07, 6.45) is 0.592. The zero-order valence-corrected chi connectivity index (χ0v) is 5.26. The van der Waals surface area contributed by atoms with Gasteiger partial charge in [-0.25, -0.2) is 4.79 Å². The predicted molar refractivity (Wildman–Crippen MR) is 33.1 cm³/mol. The zero-order chi connectivity index (χ0) is 7.28. The molecule has 0 bridgehead atoms. The van der Waals surface area contributed by atoms with E-state index < -0.39 is 12.2 Å². The minimum atomic E-state index is -0.690. The van der Waals surface area contributed by atoms with Crippen LogP contribution < -0.4 is 5.73 Å². The van der Waals surface area contributed by atoms with E-state index in [0.29, 0.717) is 12.6 Å². The summed E-state index contributed by atoms with van der Waals surface area (Å²) >= 11 is 0. The molecule has 0 amide bonds. The Bertz CT molecular complexity index is 114. The Labute approximate surface area is 53.5 Å². The van der Waals surface area contributed by atoms with Crippen molar-refractivity contribution in [1.29, 1.82) is 5.41 Å². The highest BCUT2D eigenvalue weighted by Gasteiger charge is 2.02. The van der Waals surface area contributed by atoms with Crippen LogP contribution in [0.1, 0.15) is 13.3 Å². The minimum Gasteiger partial charge on any atom is -0.443 e. The largest absolute Gasteiger partial charge is 0.443 e. The van der Waals surface area contributed by atoms with Gasteiger partial charge in [-0.2, -0.15) is 0 Å². The second-order valence-corrected chi connectivity index (χ2v) is 1.53. The summed E-state index contributed by atoms with van der Waals surface area (Å²) in [5, 5.41) is 6.42. The molecule has 0 aliphatic heterocycles.